The van der Waals surface area contributed by atoms with E-state index < -0.39 is 6.10 Å². The van der Waals surface area contributed by atoms with Gasteiger partial charge in [0.1, 0.15) is 0 Å². The number of aliphatic hydroxyl groups is 1. The Bertz CT molecular complexity index is 644. The van der Waals surface area contributed by atoms with Gasteiger partial charge in [-0.05, 0) is 30.5 Å². The first-order valence-electron chi connectivity index (χ1n) is 8.38. The first-order chi connectivity index (χ1) is 11.7. The van der Waals surface area contributed by atoms with Crippen molar-refractivity contribution in [3.63, 3.8) is 0 Å². The van der Waals surface area contributed by atoms with Crippen LogP contribution in [0.4, 0.5) is 0 Å². The standard InChI is InChI=1S/C20H23NO3/c22-19-12-18(21-20(23)16-9-5-2-6-10-16)11-17(19)14-24-13-15-7-3-1-4-8-15/h1-10,17-19,22H,11-14H2,(H,21,23)/t17-,18-,19+/m1/s1. The molecular weight excluding hydrogens is 302 g/mol. The van der Waals surface area contributed by atoms with Crippen LogP contribution < -0.4 is 5.32 Å². The third-order valence-corrected chi connectivity index (χ3v) is 4.47. The van der Waals surface area contributed by atoms with Crippen molar-refractivity contribution in [2.24, 2.45) is 5.92 Å². The highest BCUT2D eigenvalue weighted by Gasteiger charge is 2.33. The van der Waals surface area contributed by atoms with Gasteiger partial charge in [-0.15, -0.1) is 0 Å². The summed E-state index contributed by atoms with van der Waals surface area (Å²) in [4.78, 5) is 12.2. The number of ether oxygens (including phenoxy) is 1. The zero-order valence-corrected chi connectivity index (χ0v) is 13.6. The summed E-state index contributed by atoms with van der Waals surface area (Å²) in [7, 11) is 0. The van der Waals surface area contributed by atoms with Crippen LogP contribution in [-0.4, -0.2) is 29.8 Å². The van der Waals surface area contributed by atoms with Gasteiger partial charge in [0.2, 0.25) is 0 Å². The highest BCUT2D eigenvalue weighted by molar-refractivity contribution is 5.94. The van der Waals surface area contributed by atoms with Gasteiger partial charge >= 0.3 is 0 Å². The average molecular weight is 325 g/mol. The molecule has 24 heavy (non-hydrogen) atoms. The number of hydrogen-bond acceptors (Lipinski definition) is 3. The van der Waals surface area contributed by atoms with E-state index in [1.807, 2.05) is 48.5 Å². The Kier molecular flexibility index (Phi) is 5.62. The van der Waals surface area contributed by atoms with Crippen LogP contribution in [-0.2, 0) is 11.3 Å². The molecule has 2 aromatic rings. The molecule has 0 aromatic heterocycles. The van der Waals surface area contributed by atoms with Crippen molar-refractivity contribution in [3.8, 4) is 0 Å². The molecule has 4 heteroatoms. The number of carbonyl (C=O) groups is 1. The van der Waals surface area contributed by atoms with E-state index in [1.165, 1.54) is 0 Å². The van der Waals surface area contributed by atoms with Crippen molar-refractivity contribution >= 4 is 5.91 Å². The van der Waals surface area contributed by atoms with Gasteiger partial charge in [0.15, 0.2) is 0 Å². The van der Waals surface area contributed by atoms with Crippen molar-refractivity contribution in [1.29, 1.82) is 0 Å². The fourth-order valence-corrected chi connectivity index (χ4v) is 3.16. The Labute approximate surface area is 142 Å². The lowest BCUT2D eigenvalue weighted by Crippen LogP contribution is -2.33. The molecule has 0 aliphatic heterocycles. The lowest BCUT2D eigenvalue weighted by molar-refractivity contribution is 0.0367. The maximum Gasteiger partial charge on any atom is 0.251 e. The van der Waals surface area contributed by atoms with Gasteiger partial charge in [-0.2, -0.15) is 0 Å². The molecule has 3 atom stereocenters. The minimum Gasteiger partial charge on any atom is -0.393 e. The van der Waals surface area contributed by atoms with E-state index in [9.17, 15) is 9.90 Å². The second-order valence-corrected chi connectivity index (χ2v) is 6.34. The maximum atomic E-state index is 12.2. The topological polar surface area (TPSA) is 58.6 Å². The van der Waals surface area contributed by atoms with E-state index in [2.05, 4.69) is 5.32 Å². The molecule has 126 valence electrons. The smallest absolute Gasteiger partial charge is 0.251 e. The first-order valence-corrected chi connectivity index (χ1v) is 8.38. The van der Waals surface area contributed by atoms with E-state index in [4.69, 9.17) is 4.74 Å². The Morgan fingerprint density at radius 2 is 1.71 bits per heavy atom. The monoisotopic (exact) mass is 325 g/mol. The lowest BCUT2D eigenvalue weighted by Gasteiger charge is -2.14. The summed E-state index contributed by atoms with van der Waals surface area (Å²) < 4.78 is 5.74. The highest BCUT2D eigenvalue weighted by atomic mass is 16.5. The van der Waals surface area contributed by atoms with E-state index in [0.29, 0.717) is 25.2 Å². The Morgan fingerprint density at radius 3 is 2.42 bits per heavy atom. The molecule has 1 aliphatic rings. The van der Waals surface area contributed by atoms with Crippen LogP contribution in [0.5, 0.6) is 0 Å². The summed E-state index contributed by atoms with van der Waals surface area (Å²) >= 11 is 0. The van der Waals surface area contributed by atoms with Gasteiger partial charge < -0.3 is 15.2 Å². The van der Waals surface area contributed by atoms with Crippen molar-refractivity contribution < 1.29 is 14.6 Å². The van der Waals surface area contributed by atoms with Crippen molar-refractivity contribution in [1.82, 2.24) is 5.32 Å². The van der Waals surface area contributed by atoms with Crippen LogP contribution in [0.3, 0.4) is 0 Å². The van der Waals surface area contributed by atoms with E-state index in [-0.39, 0.29) is 17.9 Å². The van der Waals surface area contributed by atoms with Crippen molar-refractivity contribution in [2.75, 3.05) is 6.61 Å². The fraction of sp³-hybridized carbons (Fsp3) is 0.350. The predicted octanol–water partition coefficient (Wildman–Crippen LogP) is 2.77. The van der Waals surface area contributed by atoms with Gasteiger partial charge in [-0.3, -0.25) is 4.79 Å². The van der Waals surface area contributed by atoms with Crippen LogP contribution in [0.1, 0.15) is 28.8 Å². The van der Waals surface area contributed by atoms with Gasteiger partial charge in [0.05, 0.1) is 19.3 Å². The highest BCUT2D eigenvalue weighted by Crippen LogP contribution is 2.27. The summed E-state index contributed by atoms with van der Waals surface area (Å²) in [6, 6.07) is 19.1. The number of nitrogens with one attached hydrogen (secondary N) is 1. The molecule has 0 spiro atoms. The molecule has 1 fully saturated rings. The zero-order chi connectivity index (χ0) is 16.8. The maximum absolute atomic E-state index is 12.2. The summed E-state index contributed by atoms with van der Waals surface area (Å²) in [5.74, 6) is -0.0200. The van der Waals surface area contributed by atoms with E-state index >= 15 is 0 Å². The molecule has 3 rings (SSSR count). The third-order valence-electron chi connectivity index (χ3n) is 4.47. The SMILES string of the molecule is O=C(N[C@@H]1C[C@H](COCc2ccccc2)[C@@H](O)C1)c1ccccc1. The summed E-state index contributed by atoms with van der Waals surface area (Å²) in [6.07, 6.45) is 0.897. The van der Waals surface area contributed by atoms with Crippen LogP contribution in [0, 0.1) is 5.92 Å². The zero-order valence-electron chi connectivity index (χ0n) is 13.6. The molecule has 2 N–H and O–H groups in total. The molecule has 1 aliphatic carbocycles. The van der Waals surface area contributed by atoms with Crippen molar-refractivity contribution in [2.45, 2.75) is 31.6 Å². The number of benzene rings is 2. The third kappa shape index (κ3) is 4.43. The van der Waals surface area contributed by atoms with Gasteiger partial charge in [-0.1, -0.05) is 48.5 Å². The van der Waals surface area contributed by atoms with Crippen LogP contribution in [0.15, 0.2) is 60.7 Å². The molecule has 0 radical (unpaired) electrons. The fourth-order valence-electron chi connectivity index (χ4n) is 3.16. The largest absolute Gasteiger partial charge is 0.393 e. The minimum atomic E-state index is -0.429. The predicted molar refractivity (Wildman–Crippen MR) is 92.5 cm³/mol. The summed E-state index contributed by atoms with van der Waals surface area (Å²) in [5.41, 5.74) is 1.77. The second-order valence-electron chi connectivity index (χ2n) is 6.34. The number of rotatable bonds is 6. The minimum absolute atomic E-state index is 0.00182. The average Bonchev–Trinajstić information content (AvgIpc) is 2.96. The number of aliphatic hydroxyl groups excluding tert-OH is 1. The normalized spacial score (nSPS) is 23.1. The van der Waals surface area contributed by atoms with Gasteiger partial charge in [0.25, 0.3) is 5.91 Å². The molecule has 0 saturated heterocycles. The summed E-state index contributed by atoms with van der Waals surface area (Å²) in [5, 5.41) is 13.2. The van der Waals surface area contributed by atoms with E-state index in [0.717, 1.165) is 12.0 Å². The molecule has 2 aromatic carbocycles. The molecule has 0 bridgehead atoms. The first kappa shape index (κ1) is 16.7. The van der Waals surface area contributed by atoms with Crippen LogP contribution in [0.2, 0.25) is 0 Å². The number of hydrogen-bond donors (Lipinski definition) is 2. The molecular formula is C20H23NO3. The lowest BCUT2D eigenvalue weighted by atomic mass is 10.1. The van der Waals surface area contributed by atoms with E-state index in [1.54, 1.807) is 12.1 Å². The molecule has 4 nitrogen and oxygen atoms in total. The number of amides is 1. The molecule has 1 amide bonds. The number of carbonyl (C=O) groups excluding carboxylic acids is 1. The van der Waals surface area contributed by atoms with Gasteiger partial charge in [-0.25, -0.2) is 0 Å². The van der Waals surface area contributed by atoms with Crippen LogP contribution >= 0.6 is 0 Å². The Morgan fingerprint density at radius 1 is 1.04 bits per heavy atom. The molecule has 0 unspecified atom stereocenters. The molecule has 1 saturated carbocycles. The Balaban J connectivity index is 1.45. The van der Waals surface area contributed by atoms with Crippen molar-refractivity contribution in [3.05, 3.63) is 71.8 Å². The second kappa shape index (κ2) is 8.08. The Hall–Kier alpha value is -2.17. The quantitative estimate of drug-likeness (QED) is 0.858. The molecule has 0 heterocycles. The summed E-state index contributed by atoms with van der Waals surface area (Å²) in [6.45, 7) is 1.05. The van der Waals surface area contributed by atoms with Crippen LogP contribution in [0.25, 0.3) is 0 Å². The van der Waals surface area contributed by atoms with Gasteiger partial charge in [0, 0.05) is 17.5 Å².